The van der Waals surface area contributed by atoms with Crippen LogP contribution in [0.25, 0.3) is 0 Å². The minimum absolute atomic E-state index is 0.0405. The van der Waals surface area contributed by atoms with Crippen molar-refractivity contribution in [1.29, 1.82) is 0 Å². The molecule has 0 aliphatic heterocycles. The van der Waals surface area contributed by atoms with E-state index in [-0.39, 0.29) is 5.38 Å². The second-order valence-electron chi connectivity index (χ2n) is 5.69. The fraction of sp³-hybridized carbons (Fsp3) is 0.333. The summed E-state index contributed by atoms with van der Waals surface area (Å²) in [4.78, 5) is 0. The second-order valence-corrected chi connectivity index (χ2v) is 7.01. The first-order chi connectivity index (χ1) is 10.1. The van der Waals surface area contributed by atoms with Crippen molar-refractivity contribution in [2.75, 3.05) is 0 Å². The van der Waals surface area contributed by atoms with Gasteiger partial charge in [-0.3, -0.25) is 0 Å². The summed E-state index contributed by atoms with van der Waals surface area (Å²) in [6, 6.07) is 14.2. The van der Waals surface area contributed by atoms with Crippen molar-refractivity contribution in [1.82, 2.24) is 0 Å². The molecule has 2 atom stereocenters. The molecule has 0 aromatic heterocycles. The lowest BCUT2D eigenvalue weighted by molar-refractivity contribution is 0.465. The predicted octanol–water partition coefficient (Wildman–Crippen LogP) is 6.47. The van der Waals surface area contributed by atoms with Gasteiger partial charge in [0.05, 0.1) is 5.38 Å². The summed E-state index contributed by atoms with van der Waals surface area (Å²) in [7, 11) is 0. The zero-order chi connectivity index (χ0) is 14.8. The summed E-state index contributed by atoms with van der Waals surface area (Å²) < 4.78 is 0. The molecule has 3 rings (SSSR count). The summed E-state index contributed by atoms with van der Waals surface area (Å²) in [5.74, 6) is 0.395. The first kappa shape index (κ1) is 15.2. The highest BCUT2D eigenvalue weighted by Gasteiger charge is 2.26. The molecule has 0 radical (unpaired) electrons. The van der Waals surface area contributed by atoms with Crippen molar-refractivity contribution in [3.63, 3.8) is 0 Å². The van der Waals surface area contributed by atoms with Gasteiger partial charge < -0.3 is 0 Å². The highest BCUT2D eigenvalue weighted by atomic mass is 35.5. The van der Waals surface area contributed by atoms with Gasteiger partial charge in [0.15, 0.2) is 0 Å². The molecule has 0 fully saturated rings. The van der Waals surface area contributed by atoms with Gasteiger partial charge in [-0.25, -0.2) is 0 Å². The molecule has 110 valence electrons. The van der Waals surface area contributed by atoms with E-state index in [9.17, 15) is 0 Å². The van der Waals surface area contributed by atoms with E-state index in [2.05, 4.69) is 24.3 Å². The summed E-state index contributed by atoms with van der Waals surface area (Å²) >= 11 is 19.2. The Morgan fingerprint density at radius 2 is 1.86 bits per heavy atom. The third-order valence-electron chi connectivity index (χ3n) is 4.28. The smallest absolute Gasteiger partial charge is 0.0619 e. The maximum absolute atomic E-state index is 6.78. The van der Waals surface area contributed by atoms with Gasteiger partial charge in [-0.15, -0.1) is 11.6 Å². The Bertz CT molecular complexity index is 636. The Kier molecular flexibility index (Phi) is 4.78. The van der Waals surface area contributed by atoms with Crippen molar-refractivity contribution in [3.8, 4) is 0 Å². The number of alkyl halides is 1. The molecular weight excluding hydrogens is 323 g/mol. The third-order valence-corrected chi connectivity index (χ3v) is 5.47. The maximum Gasteiger partial charge on any atom is 0.0619 e. The Balaban J connectivity index is 1.87. The van der Waals surface area contributed by atoms with Crippen LogP contribution in [0, 0.1) is 5.92 Å². The van der Waals surface area contributed by atoms with Crippen LogP contribution >= 0.6 is 34.8 Å². The van der Waals surface area contributed by atoms with E-state index in [0.717, 1.165) is 34.9 Å². The highest BCUT2D eigenvalue weighted by Crippen LogP contribution is 2.40. The molecule has 0 amide bonds. The van der Waals surface area contributed by atoms with Crippen molar-refractivity contribution in [2.45, 2.75) is 31.1 Å². The largest absolute Gasteiger partial charge is 0.117 e. The maximum atomic E-state index is 6.78. The Morgan fingerprint density at radius 3 is 2.71 bits per heavy atom. The first-order valence-corrected chi connectivity index (χ1v) is 8.50. The quantitative estimate of drug-likeness (QED) is 0.434. The van der Waals surface area contributed by atoms with Crippen molar-refractivity contribution in [2.24, 2.45) is 5.92 Å². The summed E-state index contributed by atoms with van der Waals surface area (Å²) in [6.45, 7) is 0. The molecule has 2 aromatic carbocycles. The van der Waals surface area contributed by atoms with E-state index in [0.29, 0.717) is 5.92 Å². The predicted molar refractivity (Wildman–Crippen MR) is 91.6 cm³/mol. The lowest BCUT2D eigenvalue weighted by atomic mass is 9.90. The number of hydrogen-bond donors (Lipinski definition) is 0. The van der Waals surface area contributed by atoms with Crippen molar-refractivity contribution < 1.29 is 0 Å². The van der Waals surface area contributed by atoms with Crippen LogP contribution in [-0.2, 0) is 12.8 Å². The summed E-state index contributed by atoms with van der Waals surface area (Å²) in [6.07, 6.45) is 4.27. The minimum atomic E-state index is 0.0405. The molecule has 0 saturated carbocycles. The average Bonchev–Trinajstić information content (AvgIpc) is 2.64. The molecule has 0 nitrogen and oxygen atoms in total. The molecule has 1 aliphatic rings. The molecule has 1 aliphatic carbocycles. The molecule has 0 heterocycles. The van der Waals surface area contributed by atoms with Crippen molar-refractivity contribution in [3.05, 3.63) is 69.2 Å². The third kappa shape index (κ3) is 3.39. The number of aryl methyl sites for hydroxylation is 1. The summed E-state index contributed by atoms with van der Waals surface area (Å²) in [5.41, 5.74) is 3.76. The van der Waals surface area contributed by atoms with Crippen LogP contribution in [0.2, 0.25) is 10.0 Å². The fourth-order valence-corrected chi connectivity index (χ4v) is 3.99. The molecule has 0 bridgehead atoms. The van der Waals surface area contributed by atoms with Gasteiger partial charge >= 0.3 is 0 Å². The van der Waals surface area contributed by atoms with Gasteiger partial charge in [-0.1, -0.05) is 47.5 Å². The number of fused-ring (bicyclic) bond motifs is 1. The van der Waals surface area contributed by atoms with Crippen LogP contribution in [-0.4, -0.2) is 0 Å². The zero-order valence-corrected chi connectivity index (χ0v) is 13.9. The van der Waals surface area contributed by atoms with Gasteiger partial charge in [-0.2, -0.15) is 0 Å². The fourth-order valence-electron chi connectivity index (χ4n) is 3.17. The van der Waals surface area contributed by atoms with Crippen LogP contribution < -0.4 is 0 Å². The number of halogens is 3. The van der Waals surface area contributed by atoms with Crippen LogP contribution in [0.15, 0.2) is 42.5 Å². The van der Waals surface area contributed by atoms with Crippen LogP contribution in [0.5, 0.6) is 0 Å². The monoisotopic (exact) mass is 338 g/mol. The van der Waals surface area contributed by atoms with Gasteiger partial charge in [0, 0.05) is 10.0 Å². The molecule has 0 spiro atoms. The highest BCUT2D eigenvalue weighted by molar-refractivity contribution is 6.33. The van der Waals surface area contributed by atoms with Gasteiger partial charge in [0.25, 0.3) is 0 Å². The van der Waals surface area contributed by atoms with E-state index in [4.69, 9.17) is 34.8 Å². The van der Waals surface area contributed by atoms with Gasteiger partial charge in [0.1, 0.15) is 0 Å². The van der Waals surface area contributed by atoms with Crippen LogP contribution in [0.3, 0.4) is 0 Å². The molecule has 2 aromatic rings. The zero-order valence-electron chi connectivity index (χ0n) is 11.7. The van der Waals surface area contributed by atoms with Crippen molar-refractivity contribution >= 4 is 34.8 Å². The minimum Gasteiger partial charge on any atom is -0.117 e. The second kappa shape index (κ2) is 6.60. The van der Waals surface area contributed by atoms with Crippen LogP contribution in [0.4, 0.5) is 0 Å². The molecule has 21 heavy (non-hydrogen) atoms. The van der Waals surface area contributed by atoms with E-state index in [1.807, 2.05) is 18.2 Å². The van der Waals surface area contributed by atoms with Gasteiger partial charge in [-0.05, 0) is 66.5 Å². The number of rotatable bonds is 2. The summed E-state index contributed by atoms with van der Waals surface area (Å²) in [5, 5.41) is 1.55. The Labute approximate surface area is 141 Å². The van der Waals surface area contributed by atoms with Gasteiger partial charge in [0.2, 0.25) is 0 Å². The molecular formula is C18H17Cl3. The molecule has 0 saturated heterocycles. The standard InChI is InChI=1S/C18H17Cl3/c19-15-8-9-17(20)14(11-15)10-13-6-3-5-12-4-1-2-7-16(12)18(13)21/h1-2,4,7-9,11,13,18H,3,5-6,10H2. The Hall–Kier alpha value is -0.690. The van der Waals surface area contributed by atoms with Crippen LogP contribution in [0.1, 0.15) is 34.9 Å². The molecule has 2 unspecified atom stereocenters. The van der Waals surface area contributed by atoms with E-state index in [1.54, 1.807) is 0 Å². The average molecular weight is 340 g/mol. The van der Waals surface area contributed by atoms with E-state index < -0.39 is 0 Å². The number of benzene rings is 2. The molecule has 3 heteroatoms. The Morgan fingerprint density at radius 1 is 1.05 bits per heavy atom. The number of hydrogen-bond acceptors (Lipinski definition) is 0. The lowest BCUT2D eigenvalue weighted by Gasteiger charge is -2.22. The normalized spacial score (nSPS) is 21.7. The SMILES string of the molecule is Clc1ccc(Cl)c(CC2CCCc3ccccc3C2Cl)c1. The van der Waals surface area contributed by atoms with E-state index >= 15 is 0 Å². The molecule has 0 N–H and O–H groups in total. The van der Waals surface area contributed by atoms with E-state index in [1.165, 1.54) is 17.5 Å². The lowest BCUT2D eigenvalue weighted by Crippen LogP contribution is -2.11. The topological polar surface area (TPSA) is 0 Å². The first-order valence-electron chi connectivity index (χ1n) is 7.31.